The number of rotatable bonds is 8. The molecule has 1 aliphatic rings. The number of carbonyl (C=O) groups is 3. The highest BCUT2D eigenvalue weighted by atomic mass is 32.2. The average molecular weight is 346 g/mol. The van der Waals surface area contributed by atoms with Crippen molar-refractivity contribution in [2.45, 2.75) is 56.4 Å². The van der Waals surface area contributed by atoms with E-state index in [1.807, 2.05) is 0 Å². The molecular formula is C15H26N2O5S. The maximum atomic E-state index is 11.9. The molecule has 1 aliphatic carbocycles. The molecule has 8 heteroatoms. The van der Waals surface area contributed by atoms with Crippen molar-refractivity contribution in [2.75, 3.05) is 12.9 Å². The van der Waals surface area contributed by atoms with Crippen molar-refractivity contribution >= 4 is 29.6 Å². The first-order chi connectivity index (χ1) is 10.8. The molecule has 132 valence electrons. The molecule has 4 N–H and O–H groups in total. The topological polar surface area (TPSA) is 119 Å². The SMILES string of the molecule is COC(=O)[C@H](CSC1CCCCC1C)NC(=O)[C@@H](N)CC(=O)O. The largest absolute Gasteiger partial charge is 0.481 e. The highest BCUT2D eigenvalue weighted by Crippen LogP contribution is 2.33. The van der Waals surface area contributed by atoms with Crippen LogP contribution in [0.1, 0.15) is 39.0 Å². The monoisotopic (exact) mass is 346 g/mol. The lowest BCUT2D eigenvalue weighted by Gasteiger charge is -2.29. The van der Waals surface area contributed by atoms with Crippen molar-refractivity contribution in [1.82, 2.24) is 5.32 Å². The summed E-state index contributed by atoms with van der Waals surface area (Å²) < 4.78 is 4.72. The number of thioether (sulfide) groups is 1. The summed E-state index contributed by atoms with van der Waals surface area (Å²) in [5.41, 5.74) is 5.52. The molecule has 0 heterocycles. The van der Waals surface area contributed by atoms with Crippen molar-refractivity contribution < 1.29 is 24.2 Å². The Morgan fingerprint density at radius 2 is 2.00 bits per heavy atom. The predicted molar refractivity (Wildman–Crippen MR) is 88.1 cm³/mol. The van der Waals surface area contributed by atoms with Crippen LogP contribution in [0.25, 0.3) is 0 Å². The van der Waals surface area contributed by atoms with E-state index >= 15 is 0 Å². The van der Waals surface area contributed by atoms with Gasteiger partial charge in [-0.1, -0.05) is 19.8 Å². The standard InChI is InChI=1S/C15H26N2O5S/c1-9-5-3-4-6-12(9)23-8-11(15(21)22-2)17-14(20)10(16)7-13(18)19/h9-12H,3-8,16H2,1-2H3,(H,17,20)(H,18,19)/t9?,10-,11-,12?/m0/s1. The van der Waals surface area contributed by atoms with E-state index in [0.29, 0.717) is 16.9 Å². The second-order valence-corrected chi connectivity index (χ2v) is 7.19. The molecule has 0 radical (unpaired) electrons. The van der Waals surface area contributed by atoms with E-state index in [0.717, 1.165) is 6.42 Å². The van der Waals surface area contributed by atoms with Crippen molar-refractivity contribution in [3.63, 3.8) is 0 Å². The summed E-state index contributed by atoms with van der Waals surface area (Å²) in [4.78, 5) is 34.3. The van der Waals surface area contributed by atoms with Crippen LogP contribution in [-0.4, -0.2) is 53.1 Å². The van der Waals surface area contributed by atoms with Gasteiger partial charge in [-0.05, 0) is 18.8 Å². The molecular weight excluding hydrogens is 320 g/mol. The maximum absolute atomic E-state index is 11.9. The van der Waals surface area contributed by atoms with Gasteiger partial charge in [0.15, 0.2) is 0 Å². The quantitative estimate of drug-likeness (QED) is 0.555. The number of amides is 1. The first-order valence-electron chi connectivity index (χ1n) is 7.82. The first kappa shape index (κ1) is 19.8. The van der Waals surface area contributed by atoms with Crippen molar-refractivity contribution in [3.05, 3.63) is 0 Å². The van der Waals surface area contributed by atoms with E-state index in [2.05, 4.69) is 12.2 Å². The fourth-order valence-electron chi connectivity index (χ4n) is 2.62. The second kappa shape index (κ2) is 9.77. The molecule has 2 unspecified atom stereocenters. The molecule has 0 aromatic rings. The number of hydrogen-bond donors (Lipinski definition) is 3. The van der Waals surface area contributed by atoms with Crippen LogP contribution in [0.4, 0.5) is 0 Å². The number of hydrogen-bond acceptors (Lipinski definition) is 6. The molecule has 0 aromatic heterocycles. The molecule has 1 fully saturated rings. The van der Waals surface area contributed by atoms with Crippen LogP contribution in [0.5, 0.6) is 0 Å². The second-order valence-electron chi connectivity index (χ2n) is 5.92. The average Bonchev–Trinajstić information content (AvgIpc) is 2.51. The lowest BCUT2D eigenvalue weighted by atomic mass is 9.90. The number of nitrogens with two attached hydrogens (primary N) is 1. The minimum atomic E-state index is -1.18. The van der Waals surface area contributed by atoms with Gasteiger partial charge in [0.05, 0.1) is 19.6 Å². The number of carbonyl (C=O) groups excluding carboxylic acids is 2. The Morgan fingerprint density at radius 3 is 2.57 bits per heavy atom. The molecule has 1 rings (SSSR count). The van der Waals surface area contributed by atoms with Gasteiger partial charge >= 0.3 is 11.9 Å². The third-order valence-electron chi connectivity index (χ3n) is 4.04. The molecule has 0 aliphatic heterocycles. The summed E-state index contributed by atoms with van der Waals surface area (Å²) in [5, 5.41) is 11.6. The normalized spacial score (nSPS) is 23.6. The van der Waals surface area contributed by atoms with E-state index in [4.69, 9.17) is 15.6 Å². The summed E-state index contributed by atoms with van der Waals surface area (Å²) in [5.74, 6) is -1.38. The van der Waals surface area contributed by atoms with Gasteiger partial charge < -0.3 is 20.9 Å². The Kier molecular flexibility index (Phi) is 8.40. The van der Waals surface area contributed by atoms with Crippen molar-refractivity contribution in [3.8, 4) is 0 Å². The van der Waals surface area contributed by atoms with Gasteiger partial charge in [0.25, 0.3) is 0 Å². The van der Waals surface area contributed by atoms with E-state index in [1.54, 1.807) is 11.8 Å². The summed E-state index contributed by atoms with van der Waals surface area (Å²) in [6, 6.07) is -2.00. The molecule has 0 spiro atoms. The van der Waals surface area contributed by atoms with Gasteiger partial charge in [-0.25, -0.2) is 4.79 Å². The molecule has 23 heavy (non-hydrogen) atoms. The molecule has 4 atom stereocenters. The van der Waals surface area contributed by atoms with Crippen LogP contribution in [0.15, 0.2) is 0 Å². The minimum Gasteiger partial charge on any atom is -0.481 e. The molecule has 0 bridgehead atoms. The Bertz CT molecular complexity index is 432. The van der Waals surface area contributed by atoms with Crippen LogP contribution in [0, 0.1) is 5.92 Å². The lowest BCUT2D eigenvalue weighted by Crippen LogP contribution is -2.50. The Morgan fingerprint density at radius 1 is 1.35 bits per heavy atom. The Hall–Kier alpha value is -1.28. The third kappa shape index (κ3) is 6.78. The summed E-state index contributed by atoms with van der Waals surface area (Å²) in [7, 11) is 1.26. The number of carboxylic acids is 1. The molecule has 0 aromatic carbocycles. The number of aliphatic carboxylic acids is 1. The highest BCUT2D eigenvalue weighted by Gasteiger charge is 2.28. The van der Waals surface area contributed by atoms with Gasteiger partial charge in [0.2, 0.25) is 5.91 Å². The molecule has 0 saturated heterocycles. The smallest absolute Gasteiger partial charge is 0.329 e. The zero-order chi connectivity index (χ0) is 17.4. The van der Waals surface area contributed by atoms with Gasteiger partial charge in [-0.3, -0.25) is 9.59 Å². The number of nitrogens with one attached hydrogen (secondary N) is 1. The highest BCUT2D eigenvalue weighted by molar-refractivity contribution is 8.00. The van der Waals surface area contributed by atoms with Gasteiger partial charge in [0.1, 0.15) is 6.04 Å². The van der Waals surface area contributed by atoms with E-state index in [1.165, 1.54) is 26.4 Å². The number of esters is 1. The summed E-state index contributed by atoms with van der Waals surface area (Å²) >= 11 is 1.65. The fraction of sp³-hybridized carbons (Fsp3) is 0.800. The van der Waals surface area contributed by atoms with Crippen LogP contribution < -0.4 is 11.1 Å². The van der Waals surface area contributed by atoms with Crippen LogP contribution in [0.3, 0.4) is 0 Å². The van der Waals surface area contributed by atoms with E-state index in [-0.39, 0.29) is 0 Å². The summed E-state index contributed by atoms with van der Waals surface area (Å²) in [6.07, 6.45) is 4.22. The van der Waals surface area contributed by atoms with Crippen LogP contribution >= 0.6 is 11.8 Å². The minimum absolute atomic E-state index is 0.396. The van der Waals surface area contributed by atoms with Gasteiger partial charge in [-0.2, -0.15) is 11.8 Å². The molecule has 7 nitrogen and oxygen atoms in total. The summed E-state index contributed by atoms with van der Waals surface area (Å²) in [6.45, 7) is 2.20. The fourth-order valence-corrected chi connectivity index (χ4v) is 4.08. The number of ether oxygens (including phenoxy) is 1. The van der Waals surface area contributed by atoms with E-state index < -0.39 is 36.4 Å². The number of carboxylic acid groups (broad SMARTS) is 1. The zero-order valence-electron chi connectivity index (χ0n) is 13.6. The third-order valence-corrected chi connectivity index (χ3v) is 5.70. The van der Waals surface area contributed by atoms with Gasteiger partial charge in [-0.15, -0.1) is 0 Å². The zero-order valence-corrected chi connectivity index (χ0v) is 14.4. The van der Waals surface area contributed by atoms with Gasteiger partial charge in [0, 0.05) is 11.0 Å². The van der Waals surface area contributed by atoms with Crippen LogP contribution in [0.2, 0.25) is 0 Å². The Labute approximate surface area is 140 Å². The van der Waals surface area contributed by atoms with E-state index in [9.17, 15) is 14.4 Å². The predicted octanol–water partition coefficient (Wildman–Crippen LogP) is 0.758. The first-order valence-corrected chi connectivity index (χ1v) is 8.87. The van der Waals surface area contributed by atoms with Crippen LogP contribution in [-0.2, 0) is 19.1 Å². The maximum Gasteiger partial charge on any atom is 0.329 e. The molecule has 1 amide bonds. The van der Waals surface area contributed by atoms with Crippen molar-refractivity contribution in [1.29, 1.82) is 0 Å². The van der Waals surface area contributed by atoms with Crippen molar-refractivity contribution in [2.24, 2.45) is 11.7 Å². The lowest BCUT2D eigenvalue weighted by molar-refractivity contribution is -0.144. The Balaban J connectivity index is 2.56. The number of methoxy groups -OCH3 is 1. The molecule has 1 saturated carbocycles.